The molecule has 2 heterocycles. The molecular formula is C24H25FN2O4. The molecule has 31 heavy (non-hydrogen) atoms. The average Bonchev–Trinajstić information content (AvgIpc) is 3.05. The van der Waals surface area contributed by atoms with Crippen LogP contribution in [0, 0.1) is 5.82 Å². The maximum Gasteiger partial charge on any atom is 0.295 e. The van der Waals surface area contributed by atoms with Gasteiger partial charge < -0.3 is 14.7 Å². The second-order valence-corrected chi connectivity index (χ2v) is 7.69. The maximum absolute atomic E-state index is 14.7. The first kappa shape index (κ1) is 21.2. The molecule has 2 aliphatic heterocycles. The van der Waals surface area contributed by atoms with Gasteiger partial charge in [-0.1, -0.05) is 48.5 Å². The minimum atomic E-state index is -0.967. The van der Waals surface area contributed by atoms with Crippen LogP contribution in [-0.2, 0) is 14.3 Å². The van der Waals surface area contributed by atoms with Crippen molar-refractivity contribution in [2.75, 3.05) is 39.4 Å². The summed E-state index contributed by atoms with van der Waals surface area (Å²) in [6, 6.07) is 13.7. The minimum absolute atomic E-state index is 0.0762. The molecule has 2 aliphatic rings. The number of carbonyl (C=O) groups is 2. The molecule has 0 saturated carbocycles. The third kappa shape index (κ3) is 4.38. The lowest BCUT2D eigenvalue weighted by Crippen LogP contribution is -2.39. The lowest BCUT2D eigenvalue weighted by molar-refractivity contribution is -0.140. The molecular weight excluding hydrogens is 399 g/mol. The number of ether oxygens (including phenoxy) is 1. The Hall–Kier alpha value is -3.03. The predicted molar refractivity (Wildman–Crippen MR) is 114 cm³/mol. The summed E-state index contributed by atoms with van der Waals surface area (Å²) in [7, 11) is 0. The summed E-state index contributed by atoms with van der Waals surface area (Å²) in [5, 5.41) is 10.9. The molecule has 162 valence electrons. The summed E-state index contributed by atoms with van der Waals surface area (Å²) in [5.74, 6) is -2.32. The van der Waals surface area contributed by atoms with Crippen LogP contribution >= 0.6 is 0 Å². The number of morpholine rings is 1. The molecule has 2 saturated heterocycles. The first-order valence-electron chi connectivity index (χ1n) is 10.5. The van der Waals surface area contributed by atoms with Gasteiger partial charge in [0.2, 0.25) is 0 Å². The number of rotatable bonds is 6. The van der Waals surface area contributed by atoms with Crippen LogP contribution in [0.1, 0.15) is 23.6 Å². The molecule has 2 aromatic carbocycles. The molecule has 0 unspecified atom stereocenters. The van der Waals surface area contributed by atoms with Crippen molar-refractivity contribution in [2.24, 2.45) is 0 Å². The first-order valence-corrected chi connectivity index (χ1v) is 10.5. The van der Waals surface area contributed by atoms with Gasteiger partial charge in [0.1, 0.15) is 11.6 Å². The largest absolute Gasteiger partial charge is 0.507 e. The van der Waals surface area contributed by atoms with E-state index in [0.717, 1.165) is 19.6 Å². The topological polar surface area (TPSA) is 70.1 Å². The van der Waals surface area contributed by atoms with Gasteiger partial charge in [0, 0.05) is 37.3 Å². The van der Waals surface area contributed by atoms with Crippen molar-refractivity contribution < 1.29 is 23.8 Å². The molecule has 0 spiro atoms. The Balaban J connectivity index is 1.67. The van der Waals surface area contributed by atoms with E-state index in [2.05, 4.69) is 4.90 Å². The Labute approximate surface area is 180 Å². The van der Waals surface area contributed by atoms with Crippen LogP contribution in [0.5, 0.6) is 0 Å². The SMILES string of the molecule is O=C1C(=O)N(CCCN2CCOCC2)[C@@H](c2ccccc2F)C1=C(O)c1ccccc1. The summed E-state index contributed by atoms with van der Waals surface area (Å²) in [4.78, 5) is 29.5. The van der Waals surface area contributed by atoms with Crippen molar-refractivity contribution >= 4 is 17.4 Å². The number of hydrogen-bond acceptors (Lipinski definition) is 5. The van der Waals surface area contributed by atoms with Crippen LogP contribution in [0.2, 0.25) is 0 Å². The highest BCUT2D eigenvalue weighted by atomic mass is 19.1. The number of nitrogens with zero attached hydrogens (tertiary/aromatic N) is 2. The molecule has 2 fully saturated rings. The number of carbonyl (C=O) groups excluding carboxylic acids is 2. The Morgan fingerprint density at radius 1 is 1.00 bits per heavy atom. The van der Waals surface area contributed by atoms with E-state index < -0.39 is 23.5 Å². The third-order valence-corrected chi connectivity index (χ3v) is 5.76. The highest BCUT2D eigenvalue weighted by Crippen LogP contribution is 2.40. The van der Waals surface area contributed by atoms with Crippen molar-refractivity contribution in [1.82, 2.24) is 9.80 Å². The zero-order valence-corrected chi connectivity index (χ0v) is 17.2. The standard InChI is InChI=1S/C24H25FN2O4/c25-19-10-5-4-9-18(19)21-20(22(28)17-7-2-1-3-8-17)23(29)24(30)27(21)12-6-11-26-13-15-31-16-14-26/h1-5,7-10,21,28H,6,11-16H2/t21-/m0/s1. The van der Waals surface area contributed by atoms with Gasteiger partial charge in [0.15, 0.2) is 0 Å². The summed E-state index contributed by atoms with van der Waals surface area (Å²) in [6.07, 6.45) is 0.628. The monoisotopic (exact) mass is 424 g/mol. The van der Waals surface area contributed by atoms with E-state index in [1.807, 2.05) is 0 Å². The van der Waals surface area contributed by atoms with Crippen molar-refractivity contribution in [3.63, 3.8) is 0 Å². The summed E-state index contributed by atoms with van der Waals surface area (Å²) < 4.78 is 20.1. The Bertz CT molecular complexity index is 986. The van der Waals surface area contributed by atoms with E-state index >= 15 is 0 Å². The number of aliphatic hydroxyl groups is 1. The fourth-order valence-corrected chi connectivity index (χ4v) is 4.17. The number of amides is 1. The lowest BCUT2D eigenvalue weighted by atomic mass is 9.95. The van der Waals surface area contributed by atoms with Gasteiger partial charge in [-0.3, -0.25) is 14.5 Å². The number of aliphatic hydroxyl groups excluding tert-OH is 1. The third-order valence-electron chi connectivity index (χ3n) is 5.76. The maximum atomic E-state index is 14.7. The quantitative estimate of drug-likeness (QED) is 0.439. The van der Waals surface area contributed by atoms with Gasteiger partial charge in [0.05, 0.1) is 24.8 Å². The average molecular weight is 424 g/mol. The molecule has 1 amide bonds. The number of ketones is 1. The summed E-state index contributed by atoms with van der Waals surface area (Å²) in [6.45, 7) is 4.03. The van der Waals surface area contributed by atoms with E-state index in [0.29, 0.717) is 25.2 Å². The number of Topliss-reactive ketones (excluding diaryl/α,β-unsaturated/α-hetero) is 1. The molecule has 7 heteroatoms. The van der Waals surface area contributed by atoms with Gasteiger partial charge in [-0.25, -0.2) is 4.39 Å². The van der Waals surface area contributed by atoms with Crippen molar-refractivity contribution in [2.45, 2.75) is 12.5 Å². The summed E-state index contributed by atoms with van der Waals surface area (Å²) >= 11 is 0. The van der Waals surface area contributed by atoms with Gasteiger partial charge in [-0.05, 0) is 12.5 Å². The normalized spacial score (nSPS) is 21.6. The Morgan fingerprint density at radius 2 is 1.68 bits per heavy atom. The number of hydrogen-bond donors (Lipinski definition) is 1. The van der Waals surface area contributed by atoms with Crippen molar-refractivity contribution in [1.29, 1.82) is 0 Å². The van der Waals surface area contributed by atoms with Gasteiger partial charge >= 0.3 is 0 Å². The molecule has 0 aliphatic carbocycles. The fourth-order valence-electron chi connectivity index (χ4n) is 4.17. The van der Waals surface area contributed by atoms with Crippen LogP contribution in [0.4, 0.5) is 4.39 Å². The molecule has 4 rings (SSSR count). The van der Waals surface area contributed by atoms with Crippen LogP contribution in [-0.4, -0.2) is 66.0 Å². The zero-order chi connectivity index (χ0) is 21.8. The number of likely N-dealkylation sites (tertiary alicyclic amines) is 1. The molecule has 2 aromatic rings. The molecule has 6 nitrogen and oxygen atoms in total. The Kier molecular flexibility index (Phi) is 6.44. The van der Waals surface area contributed by atoms with Crippen molar-refractivity contribution in [3.8, 4) is 0 Å². The molecule has 0 aromatic heterocycles. The smallest absolute Gasteiger partial charge is 0.295 e. The number of halogens is 1. The molecule has 0 radical (unpaired) electrons. The van der Waals surface area contributed by atoms with Gasteiger partial charge in [-0.2, -0.15) is 0 Å². The van der Waals surface area contributed by atoms with Crippen LogP contribution < -0.4 is 0 Å². The minimum Gasteiger partial charge on any atom is -0.507 e. The second kappa shape index (κ2) is 9.41. The Morgan fingerprint density at radius 3 is 2.39 bits per heavy atom. The molecule has 1 N–H and O–H groups in total. The van der Waals surface area contributed by atoms with Crippen LogP contribution in [0.25, 0.3) is 5.76 Å². The van der Waals surface area contributed by atoms with Gasteiger partial charge in [0.25, 0.3) is 11.7 Å². The fraction of sp³-hybridized carbons (Fsp3) is 0.333. The first-order chi connectivity index (χ1) is 15.1. The van der Waals surface area contributed by atoms with E-state index in [1.54, 1.807) is 48.5 Å². The predicted octanol–water partition coefficient (Wildman–Crippen LogP) is 2.97. The van der Waals surface area contributed by atoms with Crippen LogP contribution in [0.15, 0.2) is 60.2 Å². The highest BCUT2D eigenvalue weighted by molar-refractivity contribution is 6.46. The van der Waals surface area contributed by atoms with Crippen molar-refractivity contribution in [3.05, 3.63) is 77.1 Å². The number of benzene rings is 2. The molecule has 1 atom stereocenters. The second-order valence-electron chi connectivity index (χ2n) is 7.69. The summed E-state index contributed by atoms with van der Waals surface area (Å²) in [5.41, 5.74) is 0.536. The zero-order valence-electron chi connectivity index (χ0n) is 17.2. The van der Waals surface area contributed by atoms with E-state index in [9.17, 15) is 19.1 Å². The van der Waals surface area contributed by atoms with E-state index in [4.69, 9.17) is 4.74 Å². The lowest BCUT2D eigenvalue weighted by Gasteiger charge is -2.29. The van der Waals surface area contributed by atoms with E-state index in [1.165, 1.54) is 11.0 Å². The highest BCUT2D eigenvalue weighted by Gasteiger charge is 2.46. The van der Waals surface area contributed by atoms with Gasteiger partial charge in [-0.15, -0.1) is 0 Å². The van der Waals surface area contributed by atoms with Crippen LogP contribution in [0.3, 0.4) is 0 Å². The van der Waals surface area contributed by atoms with E-state index in [-0.39, 0.29) is 23.4 Å². The molecule has 0 bridgehead atoms.